The number of pyridine rings is 1. The van der Waals surface area contributed by atoms with Crippen LogP contribution < -0.4 is 5.32 Å². The van der Waals surface area contributed by atoms with Gasteiger partial charge in [0.2, 0.25) is 0 Å². The first kappa shape index (κ1) is 13.1. The number of carboxylic acids is 1. The Morgan fingerprint density at radius 2 is 2.20 bits per heavy atom. The van der Waals surface area contributed by atoms with Crippen molar-refractivity contribution in [1.82, 2.24) is 15.3 Å². The number of rotatable bonds is 4. The van der Waals surface area contributed by atoms with Gasteiger partial charge in [0.05, 0.1) is 5.92 Å². The number of aliphatic carboxylic acids is 1. The van der Waals surface area contributed by atoms with E-state index in [0.29, 0.717) is 6.04 Å². The monoisotopic (exact) mass is 273 g/mol. The minimum atomic E-state index is -0.647. The normalized spacial score (nSPS) is 23.0. The average molecular weight is 273 g/mol. The zero-order chi connectivity index (χ0) is 13.9. The quantitative estimate of drug-likeness (QED) is 0.798. The summed E-state index contributed by atoms with van der Waals surface area (Å²) in [5.41, 5.74) is 2.13. The maximum atomic E-state index is 10.9. The average Bonchev–Trinajstić information content (AvgIpc) is 2.89. The van der Waals surface area contributed by atoms with Crippen LogP contribution in [0.5, 0.6) is 0 Å². The fourth-order valence-corrected chi connectivity index (χ4v) is 2.96. The number of carbonyl (C=O) groups is 1. The van der Waals surface area contributed by atoms with Crippen molar-refractivity contribution in [2.75, 3.05) is 0 Å². The smallest absolute Gasteiger partial charge is 0.306 e. The highest BCUT2D eigenvalue weighted by Crippen LogP contribution is 2.25. The molecule has 20 heavy (non-hydrogen) atoms. The number of aromatic amines is 1. The predicted molar refractivity (Wildman–Crippen MR) is 76.3 cm³/mol. The summed E-state index contributed by atoms with van der Waals surface area (Å²) in [6.45, 7) is 0.800. The summed E-state index contributed by atoms with van der Waals surface area (Å²) in [6.07, 6.45) is 7.22. The molecule has 3 N–H and O–H groups in total. The van der Waals surface area contributed by atoms with Gasteiger partial charge in [-0.2, -0.15) is 0 Å². The zero-order valence-electron chi connectivity index (χ0n) is 11.3. The Bertz CT molecular complexity index is 600. The van der Waals surface area contributed by atoms with Crippen LogP contribution in [0.1, 0.15) is 31.2 Å². The van der Waals surface area contributed by atoms with E-state index >= 15 is 0 Å². The molecule has 1 fully saturated rings. The summed E-state index contributed by atoms with van der Waals surface area (Å²) in [5.74, 6) is -0.795. The van der Waals surface area contributed by atoms with E-state index < -0.39 is 5.97 Å². The van der Waals surface area contributed by atoms with Gasteiger partial charge in [0.25, 0.3) is 0 Å². The van der Waals surface area contributed by atoms with Gasteiger partial charge in [-0.15, -0.1) is 0 Å². The fourth-order valence-electron chi connectivity index (χ4n) is 2.96. The van der Waals surface area contributed by atoms with Crippen molar-refractivity contribution in [2.24, 2.45) is 5.92 Å². The molecule has 2 aromatic heterocycles. The summed E-state index contributed by atoms with van der Waals surface area (Å²) in [7, 11) is 0. The van der Waals surface area contributed by atoms with E-state index in [1.807, 2.05) is 12.3 Å². The van der Waals surface area contributed by atoms with Gasteiger partial charge in [-0.05, 0) is 43.4 Å². The van der Waals surface area contributed by atoms with Crippen molar-refractivity contribution in [3.8, 4) is 0 Å². The van der Waals surface area contributed by atoms with Crippen molar-refractivity contribution in [3.63, 3.8) is 0 Å². The highest BCUT2D eigenvalue weighted by Gasteiger charge is 2.25. The number of hydrogen-bond donors (Lipinski definition) is 3. The van der Waals surface area contributed by atoms with E-state index in [1.165, 1.54) is 5.56 Å². The fraction of sp³-hybridized carbons (Fsp3) is 0.467. The number of H-pyrrole nitrogens is 1. The standard InChI is InChI=1S/C15H19N3O2/c19-15(20)10-3-5-12(6-4-10)17-8-11-9-18-14-13(11)2-1-7-16-14/h1-2,7,9-10,12,17H,3-6,8H2,(H,16,18)(H,19,20). The molecule has 1 aliphatic rings. The van der Waals surface area contributed by atoms with Gasteiger partial charge in [0.1, 0.15) is 5.65 Å². The van der Waals surface area contributed by atoms with Crippen LogP contribution in [-0.2, 0) is 11.3 Å². The predicted octanol–water partition coefficient (Wildman–Crippen LogP) is 2.30. The lowest BCUT2D eigenvalue weighted by atomic mass is 9.86. The van der Waals surface area contributed by atoms with Crippen molar-refractivity contribution in [3.05, 3.63) is 30.1 Å². The molecular formula is C15H19N3O2. The number of nitrogens with one attached hydrogen (secondary N) is 2. The molecule has 0 spiro atoms. The second kappa shape index (κ2) is 5.63. The van der Waals surface area contributed by atoms with E-state index in [9.17, 15) is 4.79 Å². The van der Waals surface area contributed by atoms with Gasteiger partial charge in [0, 0.05) is 30.4 Å². The van der Waals surface area contributed by atoms with E-state index in [2.05, 4.69) is 21.4 Å². The maximum Gasteiger partial charge on any atom is 0.306 e. The third-order valence-electron chi connectivity index (χ3n) is 4.19. The summed E-state index contributed by atoms with van der Waals surface area (Å²) < 4.78 is 0. The molecule has 0 radical (unpaired) electrons. The molecule has 0 aromatic carbocycles. The molecule has 5 heteroatoms. The van der Waals surface area contributed by atoms with Gasteiger partial charge < -0.3 is 15.4 Å². The van der Waals surface area contributed by atoms with Crippen LogP contribution in [0.15, 0.2) is 24.5 Å². The Hall–Kier alpha value is -1.88. The second-order valence-electron chi connectivity index (χ2n) is 5.48. The van der Waals surface area contributed by atoms with Crippen molar-refractivity contribution >= 4 is 17.0 Å². The molecule has 1 saturated carbocycles. The SMILES string of the molecule is O=C(O)C1CCC(NCc2c[nH]c3ncccc23)CC1. The van der Waals surface area contributed by atoms with Gasteiger partial charge in [-0.3, -0.25) is 4.79 Å². The van der Waals surface area contributed by atoms with Crippen LogP contribution in [0.4, 0.5) is 0 Å². The largest absolute Gasteiger partial charge is 0.481 e. The molecule has 0 unspecified atom stereocenters. The maximum absolute atomic E-state index is 10.9. The molecule has 1 aliphatic carbocycles. The number of hydrogen-bond acceptors (Lipinski definition) is 3. The van der Waals surface area contributed by atoms with E-state index in [4.69, 9.17) is 5.11 Å². The van der Waals surface area contributed by atoms with Crippen LogP contribution in [-0.4, -0.2) is 27.1 Å². The summed E-state index contributed by atoms with van der Waals surface area (Å²) in [5, 5.41) is 13.7. The summed E-state index contributed by atoms with van der Waals surface area (Å²) in [6, 6.07) is 4.43. The molecule has 0 aliphatic heterocycles. The first-order valence-electron chi connectivity index (χ1n) is 7.11. The van der Waals surface area contributed by atoms with E-state index in [-0.39, 0.29) is 5.92 Å². The van der Waals surface area contributed by atoms with Crippen LogP contribution in [0, 0.1) is 5.92 Å². The zero-order valence-corrected chi connectivity index (χ0v) is 11.3. The molecule has 2 aromatic rings. The highest BCUT2D eigenvalue weighted by atomic mass is 16.4. The van der Waals surface area contributed by atoms with E-state index in [1.54, 1.807) is 6.20 Å². The minimum Gasteiger partial charge on any atom is -0.481 e. The van der Waals surface area contributed by atoms with Crippen molar-refractivity contribution < 1.29 is 9.90 Å². The summed E-state index contributed by atoms with van der Waals surface area (Å²) in [4.78, 5) is 18.4. The Morgan fingerprint density at radius 1 is 1.40 bits per heavy atom. The van der Waals surface area contributed by atoms with Gasteiger partial charge in [0.15, 0.2) is 0 Å². The topological polar surface area (TPSA) is 78.0 Å². The van der Waals surface area contributed by atoms with Crippen LogP contribution in [0.2, 0.25) is 0 Å². The molecule has 106 valence electrons. The molecule has 3 rings (SSSR count). The number of aromatic nitrogens is 2. The molecule has 0 atom stereocenters. The molecule has 5 nitrogen and oxygen atoms in total. The molecule has 0 saturated heterocycles. The Labute approximate surface area is 117 Å². The minimum absolute atomic E-state index is 0.148. The summed E-state index contributed by atoms with van der Waals surface area (Å²) >= 11 is 0. The van der Waals surface area contributed by atoms with Crippen LogP contribution in [0.25, 0.3) is 11.0 Å². The Morgan fingerprint density at radius 3 is 2.95 bits per heavy atom. The number of carboxylic acid groups (broad SMARTS) is 1. The lowest BCUT2D eigenvalue weighted by Crippen LogP contribution is -2.34. The molecule has 0 amide bonds. The lowest BCUT2D eigenvalue weighted by molar-refractivity contribution is -0.142. The van der Waals surface area contributed by atoms with Gasteiger partial charge >= 0.3 is 5.97 Å². The van der Waals surface area contributed by atoms with Crippen molar-refractivity contribution in [2.45, 2.75) is 38.3 Å². The highest BCUT2D eigenvalue weighted by molar-refractivity contribution is 5.79. The Kier molecular flexibility index (Phi) is 3.69. The van der Waals surface area contributed by atoms with Gasteiger partial charge in [-0.25, -0.2) is 4.98 Å². The van der Waals surface area contributed by atoms with E-state index in [0.717, 1.165) is 43.3 Å². The third kappa shape index (κ3) is 2.67. The first-order chi connectivity index (χ1) is 9.74. The number of nitrogens with zero attached hydrogens (tertiary/aromatic N) is 1. The van der Waals surface area contributed by atoms with Crippen molar-refractivity contribution in [1.29, 1.82) is 0 Å². The third-order valence-corrected chi connectivity index (χ3v) is 4.19. The second-order valence-corrected chi connectivity index (χ2v) is 5.48. The van der Waals surface area contributed by atoms with Gasteiger partial charge in [-0.1, -0.05) is 0 Å². The van der Waals surface area contributed by atoms with Crippen LogP contribution in [0.3, 0.4) is 0 Å². The van der Waals surface area contributed by atoms with Crippen LogP contribution >= 0.6 is 0 Å². The molecule has 2 heterocycles. The lowest BCUT2D eigenvalue weighted by Gasteiger charge is -2.26. The first-order valence-corrected chi connectivity index (χ1v) is 7.11. The Balaban J connectivity index is 1.57. The molecule has 0 bridgehead atoms. The molecular weight excluding hydrogens is 254 g/mol. The number of fused-ring (bicyclic) bond motifs is 1.